The summed E-state index contributed by atoms with van der Waals surface area (Å²) in [5.74, 6) is -5.84. The van der Waals surface area contributed by atoms with Crippen molar-refractivity contribution < 1.29 is 79.2 Å². The molecule has 5 rings (SSSR count). The number of aliphatic hydroxyl groups excluding tert-OH is 5. The lowest BCUT2D eigenvalue weighted by Gasteiger charge is -2.45. The number of aromatic hydroxyl groups is 2. The number of likely N-dealkylation sites (N-methyl/N-ethyl adjacent to an activating group) is 1. The van der Waals surface area contributed by atoms with E-state index in [1.807, 2.05) is 6.08 Å². The first-order chi connectivity index (χ1) is 28.4. The van der Waals surface area contributed by atoms with Crippen LogP contribution in [0.3, 0.4) is 0 Å². The number of hydrogen-bond donors (Lipinski definition) is 11. The number of carbonyl (C=O) groups excluding carboxylic acids is 1. The molecule has 3 saturated heterocycles. The minimum absolute atomic E-state index is 0.0789. The van der Waals surface area contributed by atoms with Crippen LogP contribution in [0.5, 0.6) is 11.5 Å². The Balaban J connectivity index is 0.000000519. The van der Waals surface area contributed by atoms with Crippen LogP contribution in [0.1, 0.15) is 57.6 Å². The lowest BCUT2D eigenvalue weighted by atomic mass is 9.83. The van der Waals surface area contributed by atoms with E-state index in [1.54, 1.807) is 69.5 Å². The molecule has 0 unspecified atom stereocenters. The molecule has 0 aromatic heterocycles. The number of carbonyl (C=O) groups is 2. The van der Waals surface area contributed by atoms with E-state index in [4.69, 9.17) is 39.6 Å². The van der Waals surface area contributed by atoms with Gasteiger partial charge in [-0.05, 0) is 44.7 Å². The third kappa shape index (κ3) is 14.6. The monoisotopic (exact) mass is 848 g/mol. The first kappa shape index (κ1) is 48.6. The summed E-state index contributed by atoms with van der Waals surface area (Å²) in [5, 5.41) is 94.4. The van der Waals surface area contributed by atoms with Crippen LogP contribution in [0.25, 0.3) is 0 Å². The van der Waals surface area contributed by atoms with Crippen LogP contribution in [0.2, 0.25) is 0 Å². The molecular weight excluding hydrogens is 788 g/mol. The molecule has 15 atom stereocenters. The molecule has 60 heavy (non-hydrogen) atoms. The van der Waals surface area contributed by atoms with Crippen LogP contribution in [-0.2, 0) is 33.3 Å². The Bertz CT molecular complexity index is 1700. The number of nitrogens with two attached hydrogens (primary N) is 1. The van der Waals surface area contributed by atoms with E-state index in [9.17, 15) is 45.3 Å². The van der Waals surface area contributed by atoms with Gasteiger partial charge in [0.1, 0.15) is 24.2 Å². The molecule has 334 valence electrons. The van der Waals surface area contributed by atoms with E-state index < -0.39 is 103 Å². The normalized spacial score (nSPS) is 39.8. The van der Waals surface area contributed by atoms with Crippen molar-refractivity contribution in [2.45, 2.75) is 131 Å². The third-order valence-electron chi connectivity index (χ3n) is 10.4. The Morgan fingerprint density at radius 3 is 2.33 bits per heavy atom. The van der Waals surface area contributed by atoms with Crippen molar-refractivity contribution in [1.82, 2.24) is 5.32 Å². The number of carboxylic acids is 1. The number of phenolic OH excluding ortho intramolecular Hbond substituents is 2. The number of allylic oxidation sites excluding steroid dienone is 6. The molecule has 4 aliphatic heterocycles. The number of esters is 1. The molecule has 0 spiro atoms. The van der Waals surface area contributed by atoms with Crippen LogP contribution < -0.4 is 11.1 Å². The average Bonchev–Trinajstić information content (AvgIpc) is 3.91. The first-order valence-corrected chi connectivity index (χ1v) is 19.9. The molecule has 18 heteroatoms. The number of hydrogen-bond acceptors (Lipinski definition) is 17. The lowest BCUT2D eigenvalue weighted by molar-refractivity contribution is -0.308. The number of nitrogens with one attached hydrogen (secondary N) is 1. The van der Waals surface area contributed by atoms with E-state index in [2.05, 4.69) is 5.32 Å². The van der Waals surface area contributed by atoms with Gasteiger partial charge in [0.2, 0.25) is 0 Å². The Labute approximate surface area is 348 Å². The zero-order valence-electron chi connectivity index (χ0n) is 33.8. The molecule has 0 saturated carbocycles. The van der Waals surface area contributed by atoms with Gasteiger partial charge in [0.25, 0.3) is 0 Å². The summed E-state index contributed by atoms with van der Waals surface area (Å²) in [7, 11) is 1.73. The van der Waals surface area contributed by atoms with Crippen LogP contribution >= 0.6 is 0 Å². The molecule has 0 amide bonds. The highest BCUT2D eigenvalue weighted by molar-refractivity contribution is 5.82. The molecule has 4 heterocycles. The van der Waals surface area contributed by atoms with Crippen LogP contribution in [0, 0.1) is 5.92 Å². The zero-order valence-corrected chi connectivity index (χ0v) is 33.8. The molecular formula is C42H60N2O16. The molecule has 4 aliphatic rings. The van der Waals surface area contributed by atoms with Crippen molar-refractivity contribution in [3.05, 3.63) is 84.5 Å². The van der Waals surface area contributed by atoms with Gasteiger partial charge in [0.05, 0.1) is 54.9 Å². The Kier molecular flexibility index (Phi) is 18.4. The highest BCUT2D eigenvalue weighted by Crippen LogP contribution is 2.39. The van der Waals surface area contributed by atoms with Gasteiger partial charge in [-0.1, -0.05) is 54.7 Å². The van der Waals surface area contributed by atoms with E-state index in [1.165, 1.54) is 24.3 Å². The molecule has 18 nitrogen and oxygen atoms in total. The summed E-state index contributed by atoms with van der Waals surface area (Å²) in [6, 6.07) is 3.19. The second-order valence-electron chi connectivity index (χ2n) is 15.4. The quantitative estimate of drug-likeness (QED) is 0.105. The number of ether oxygens (including phenoxy) is 5. The molecule has 2 bridgehead atoms. The minimum Gasteiger partial charge on any atom is -0.504 e. The highest BCUT2D eigenvalue weighted by atomic mass is 16.7. The predicted octanol–water partition coefficient (Wildman–Crippen LogP) is 0.470. The minimum atomic E-state index is -2.10. The number of rotatable bonds is 6. The molecule has 12 N–H and O–H groups in total. The van der Waals surface area contributed by atoms with E-state index in [-0.39, 0.29) is 36.9 Å². The van der Waals surface area contributed by atoms with Gasteiger partial charge in [-0.15, -0.1) is 0 Å². The maximum Gasteiger partial charge on any atom is 0.330 e. The fourth-order valence-electron chi connectivity index (χ4n) is 7.06. The number of aliphatic hydroxyl groups is 6. The topological polar surface area (TPSA) is 304 Å². The molecule has 3 fully saturated rings. The van der Waals surface area contributed by atoms with Crippen molar-refractivity contribution in [2.24, 2.45) is 11.7 Å². The van der Waals surface area contributed by atoms with Gasteiger partial charge in [-0.25, -0.2) is 4.79 Å². The molecule has 1 aromatic rings. The summed E-state index contributed by atoms with van der Waals surface area (Å²) >= 11 is 0. The fourth-order valence-corrected chi connectivity index (χ4v) is 7.06. The average molecular weight is 849 g/mol. The molecule has 1 aromatic carbocycles. The van der Waals surface area contributed by atoms with Crippen molar-refractivity contribution in [3.63, 3.8) is 0 Å². The molecule has 0 radical (unpaired) electrons. The van der Waals surface area contributed by atoms with E-state index >= 15 is 0 Å². The van der Waals surface area contributed by atoms with Crippen LogP contribution in [0.4, 0.5) is 0 Å². The SMILES string of the molecule is CNC[C@H](O)c1ccc(O)c(O)c1.C[C@@H]1C/C=C/C=C/C=C/C=C/[C@H](O[C@@H]2O[C@H](C)[C@@H](O)[C@H](N)[C@@H]2O)C[C@@H]2O[C@](O)(C[C@@H](O)C[C@H]3O[C@@H]3/C=C/C(=O)O1)C[C@H](O)[C@H]2C(=O)O. The number of epoxide rings is 1. The van der Waals surface area contributed by atoms with Gasteiger partial charge < -0.3 is 80.7 Å². The van der Waals surface area contributed by atoms with Gasteiger partial charge in [-0.3, -0.25) is 4.79 Å². The van der Waals surface area contributed by atoms with E-state index in [0.717, 1.165) is 0 Å². The zero-order chi connectivity index (χ0) is 44.1. The number of aliphatic carboxylic acids is 1. The second-order valence-corrected chi connectivity index (χ2v) is 15.4. The summed E-state index contributed by atoms with van der Waals surface area (Å²) in [5.41, 5.74) is 6.55. The van der Waals surface area contributed by atoms with Crippen molar-refractivity contribution in [1.29, 1.82) is 0 Å². The van der Waals surface area contributed by atoms with Crippen molar-refractivity contribution >= 4 is 11.9 Å². The standard InChI is InChI=1S/C33H47NO13.C9H13NO3/c1-18-10-8-6-4-3-5-7-9-11-21(45-32-30(39)28(34)29(38)19(2)44-32)15-25-27(31(40)41)22(36)17-33(42,47-25)16-20(35)14-24-23(46-24)12-13-26(37)43-18;1-10-5-9(13)6-2-3-7(11)8(12)4-6/h3-9,11-13,18-25,27-30,32,35-36,38-39,42H,10,14-17,34H2,1-2H3,(H,40,41);2-4,9-13H,5H2,1H3/b4-3+,7-5+,8-6+,11-9+,13-12+;/t18-,19-,20+,21+,22+,23-,24-,25+,27-,28+,29-,30+,32+,33-;9-/m10/s1. The Hall–Kier alpha value is -4.02. The summed E-state index contributed by atoms with van der Waals surface area (Å²) in [6.07, 6.45) is 4.58. The van der Waals surface area contributed by atoms with Crippen LogP contribution in [0.15, 0.2) is 79.0 Å². The smallest absolute Gasteiger partial charge is 0.330 e. The van der Waals surface area contributed by atoms with Crippen molar-refractivity contribution in [3.8, 4) is 11.5 Å². The number of fused-ring (bicyclic) bond motifs is 3. The maximum atomic E-state index is 12.3. The summed E-state index contributed by atoms with van der Waals surface area (Å²) in [4.78, 5) is 24.4. The fraction of sp³-hybridized carbons (Fsp3) is 0.571. The molecule has 0 aliphatic carbocycles. The number of phenols is 2. The van der Waals surface area contributed by atoms with Gasteiger partial charge in [0, 0.05) is 44.7 Å². The first-order valence-electron chi connectivity index (χ1n) is 19.9. The largest absolute Gasteiger partial charge is 0.504 e. The highest BCUT2D eigenvalue weighted by Gasteiger charge is 2.51. The third-order valence-corrected chi connectivity index (χ3v) is 10.4. The van der Waals surface area contributed by atoms with Gasteiger partial charge in [-0.2, -0.15) is 0 Å². The van der Waals surface area contributed by atoms with Gasteiger partial charge in [0.15, 0.2) is 23.6 Å². The summed E-state index contributed by atoms with van der Waals surface area (Å²) < 4.78 is 28.5. The number of cyclic esters (lactones) is 1. The summed E-state index contributed by atoms with van der Waals surface area (Å²) in [6.45, 7) is 3.74. The Morgan fingerprint density at radius 1 is 0.950 bits per heavy atom. The second kappa shape index (κ2) is 22.7. The maximum absolute atomic E-state index is 12.3. The van der Waals surface area contributed by atoms with Crippen LogP contribution in [-0.4, -0.2) is 151 Å². The Morgan fingerprint density at radius 2 is 1.65 bits per heavy atom. The predicted molar refractivity (Wildman–Crippen MR) is 214 cm³/mol. The number of carboxylic acid groups (broad SMARTS) is 1. The number of benzene rings is 1. The van der Waals surface area contributed by atoms with E-state index in [0.29, 0.717) is 18.5 Å². The lowest BCUT2D eigenvalue weighted by Crippen LogP contribution is -2.61. The van der Waals surface area contributed by atoms with Crippen molar-refractivity contribution in [2.75, 3.05) is 13.6 Å². The van der Waals surface area contributed by atoms with Gasteiger partial charge >= 0.3 is 11.9 Å².